The molecule has 2 saturated heterocycles. The van der Waals surface area contributed by atoms with E-state index in [-0.39, 0.29) is 6.04 Å². The van der Waals surface area contributed by atoms with Crippen LogP contribution in [0.5, 0.6) is 0 Å². The van der Waals surface area contributed by atoms with Crippen LogP contribution in [-0.2, 0) is 4.74 Å². The van der Waals surface area contributed by atoms with Crippen molar-refractivity contribution in [3.05, 3.63) is 59.7 Å². The van der Waals surface area contributed by atoms with Crippen LogP contribution >= 0.6 is 0 Å². The van der Waals surface area contributed by atoms with Crippen LogP contribution in [0.25, 0.3) is 0 Å². The number of morpholine rings is 1. The number of hydrogen-bond acceptors (Lipinski definition) is 5. The molecule has 2 fully saturated rings. The van der Waals surface area contributed by atoms with Crippen LogP contribution in [0.2, 0.25) is 0 Å². The van der Waals surface area contributed by atoms with E-state index in [1.54, 1.807) is 6.07 Å². The molecule has 2 aliphatic heterocycles. The van der Waals surface area contributed by atoms with Gasteiger partial charge in [-0.15, -0.1) is 0 Å². The number of nitrogens with two attached hydrogens (primary N) is 2. The summed E-state index contributed by atoms with van der Waals surface area (Å²) >= 11 is 0. The van der Waals surface area contributed by atoms with Gasteiger partial charge in [-0.2, -0.15) is 0 Å². The predicted octanol–water partition coefficient (Wildman–Crippen LogP) is 2.41. The number of nitrogens with zero attached hydrogens (tertiary/aromatic N) is 2. The highest BCUT2D eigenvalue weighted by atomic mass is 16.5. The molecule has 148 valence electrons. The van der Waals surface area contributed by atoms with Gasteiger partial charge in [-0.3, -0.25) is 9.69 Å². The van der Waals surface area contributed by atoms with Crippen LogP contribution in [0.15, 0.2) is 48.5 Å². The van der Waals surface area contributed by atoms with E-state index in [9.17, 15) is 4.79 Å². The number of rotatable bonds is 4. The van der Waals surface area contributed by atoms with E-state index in [0.717, 1.165) is 51.4 Å². The molecule has 2 atom stereocenters. The zero-order chi connectivity index (χ0) is 19.5. The summed E-state index contributed by atoms with van der Waals surface area (Å²) in [5, 5.41) is 0. The van der Waals surface area contributed by atoms with Gasteiger partial charge in [0.05, 0.1) is 30.5 Å². The molecule has 0 aromatic heterocycles. The lowest BCUT2D eigenvalue weighted by molar-refractivity contribution is 0.00837. The fourth-order valence-corrected chi connectivity index (χ4v) is 4.50. The monoisotopic (exact) mass is 380 g/mol. The van der Waals surface area contributed by atoms with Gasteiger partial charge >= 0.3 is 0 Å². The summed E-state index contributed by atoms with van der Waals surface area (Å²) in [6, 6.07) is 16.7. The first-order chi connectivity index (χ1) is 13.6. The molecule has 4 rings (SSSR count). The Morgan fingerprint density at radius 2 is 1.79 bits per heavy atom. The third-order valence-electron chi connectivity index (χ3n) is 5.92. The van der Waals surface area contributed by atoms with Gasteiger partial charge in [0.1, 0.15) is 0 Å². The Balaban J connectivity index is 1.68. The molecule has 28 heavy (non-hydrogen) atoms. The third kappa shape index (κ3) is 3.84. The summed E-state index contributed by atoms with van der Waals surface area (Å²) in [5.74, 6) is -0.440. The zero-order valence-corrected chi connectivity index (χ0v) is 16.1. The second-order valence-electron chi connectivity index (χ2n) is 7.59. The van der Waals surface area contributed by atoms with Gasteiger partial charge in [-0.05, 0) is 36.6 Å². The average molecular weight is 380 g/mol. The van der Waals surface area contributed by atoms with Crippen molar-refractivity contribution >= 4 is 17.3 Å². The molecule has 0 spiro atoms. The number of anilines is 2. The molecule has 2 aliphatic rings. The lowest BCUT2D eigenvalue weighted by atomic mass is 9.89. The van der Waals surface area contributed by atoms with Crippen molar-refractivity contribution in [2.45, 2.75) is 24.9 Å². The Kier molecular flexibility index (Phi) is 5.50. The van der Waals surface area contributed by atoms with E-state index in [4.69, 9.17) is 16.2 Å². The number of amides is 1. The maximum Gasteiger partial charge on any atom is 0.250 e. The molecule has 0 aliphatic carbocycles. The lowest BCUT2D eigenvalue weighted by Crippen LogP contribution is -2.50. The van der Waals surface area contributed by atoms with E-state index >= 15 is 0 Å². The number of ether oxygens (including phenoxy) is 1. The molecule has 1 amide bonds. The van der Waals surface area contributed by atoms with Crippen molar-refractivity contribution in [1.29, 1.82) is 0 Å². The number of primary amides is 1. The van der Waals surface area contributed by atoms with Gasteiger partial charge in [0, 0.05) is 31.4 Å². The topological polar surface area (TPSA) is 84.8 Å². The van der Waals surface area contributed by atoms with Crippen LogP contribution in [-0.4, -0.2) is 49.7 Å². The summed E-state index contributed by atoms with van der Waals surface area (Å²) in [4.78, 5) is 17.0. The van der Waals surface area contributed by atoms with Gasteiger partial charge in [0.2, 0.25) is 0 Å². The van der Waals surface area contributed by atoms with Crippen molar-refractivity contribution in [3.63, 3.8) is 0 Å². The molecule has 2 aromatic carbocycles. The van der Waals surface area contributed by atoms with E-state index < -0.39 is 5.91 Å². The minimum atomic E-state index is -0.440. The molecule has 0 radical (unpaired) electrons. The van der Waals surface area contributed by atoms with E-state index in [2.05, 4.69) is 34.1 Å². The molecule has 4 N–H and O–H groups in total. The number of benzene rings is 2. The summed E-state index contributed by atoms with van der Waals surface area (Å²) in [7, 11) is 0. The SMILES string of the molecule is NC(=O)c1cc(N)ccc1N1CCC(N2CCOCC2)CC1c1ccccc1. The minimum Gasteiger partial charge on any atom is -0.399 e. The highest BCUT2D eigenvalue weighted by molar-refractivity contribution is 5.99. The van der Waals surface area contributed by atoms with Crippen molar-refractivity contribution in [1.82, 2.24) is 4.90 Å². The van der Waals surface area contributed by atoms with Crippen LogP contribution in [0.3, 0.4) is 0 Å². The van der Waals surface area contributed by atoms with Crippen LogP contribution < -0.4 is 16.4 Å². The minimum absolute atomic E-state index is 0.185. The fraction of sp³-hybridized carbons (Fsp3) is 0.409. The number of nitrogen functional groups attached to an aromatic ring is 1. The predicted molar refractivity (Wildman–Crippen MR) is 111 cm³/mol. The van der Waals surface area contributed by atoms with E-state index in [1.807, 2.05) is 18.2 Å². The van der Waals surface area contributed by atoms with Gasteiger partial charge in [-0.25, -0.2) is 0 Å². The van der Waals surface area contributed by atoms with Crippen molar-refractivity contribution < 1.29 is 9.53 Å². The highest BCUT2D eigenvalue weighted by Gasteiger charge is 2.34. The normalized spacial score (nSPS) is 23.5. The second kappa shape index (κ2) is 8.20. The lowest BCUT2D eigenvalue weighted by Gasteiger charge is -2.46. The summed E-state index contributed by atoms with van der Waals surface area (Å²) < 4.78 is 5.53. The Hall–Kier alpha value is -2.57. The molecule has 0 saturated carbocycles. The molecular weight excluding hydrogens is 352 g/mol. The van der Waals surface area contributed by atoms with Gasteiger partial charge in [-0.1, -0.05) is 30.3 Å². The Morgan fingerprint density at radius 3 is 2.50 bits per heavy atom. The summed E-state index contributed by atoms with van der Waals surface area (Å²) in [6.45, 7) is 4.45. The Labute approximate surface area is 166 Å². The smallest absolute Gasteiger partial charge is 0.250 e. The van der Waals surface area contributed by atoms with E-state index in [1.165, 1.54) is 5.56 Å². The maximum atomic E-state index is 12.1. The van der Waals surface area contributed by atoms with Crippen molar-refractivity contribution in [2.75, 3.05) is 43.5 Å². The number of hydrogen-bond donors (Lipinski definition) is 2. The molecule has 2 unspecified atom stereocenters. The molecule has 6 nitrogen and oxygen atoms in total. The number of carbonyl (C=O) groups excluding carboxylic acids is 1. The average Bonchev–Trinajstić information content (AvgIpc) is 2.74. The largest absolute Gasteiger partial charge is 0.399 e. The van der Waals surface area contributed by atoms with Crippen LogP contribution in [0, 0.1) is 0 Å². The number of carbonyl (C=O) groups is 1. The van der Waals surface area contributed by atoms with Crippen LogP contribution in [0.1, 0.15) is 34.8 Å². The van der Waals surface area contributed by atoms with E-state index in [0.29, 0.717) is 17.3 Å². The maximum absolute atomic E-state index is 12.1. The van der Waals surface area contributed by atoms with Crippen LogP contribution in [0.4, 0.5) is 11.4 Å². The number of piperidine rings is 1. The molecule has 6 heteroatoms. The van der Waals surface area contributed by atoms with Gasteiger partial charge < -0.3 is 21.1 Å². The van der Waals surface area contributed by atoms with Crippen molar-refractivity contribution in [3.8, 4) is 0 Å². The first-order valence-electron chi connectivity index (χ1n) is 9.96. The molecule has 0 bridgehead atoms. The van der Waals surface area contributed by atoms with Gasteiger partial charge in [0.25, 0.3) is 5.91 Å². The summed E-state index contributed by atoms with van der Waals surface area (Å²) in [6.07, 6.45) is 2.05. The van der Waals surface area contributed by atoms with Gasteiger partial charge in [0.15, 0.2) is 0 Å². The van der Waals surface area contributed by atoms with Crippen molar-refractivity contribution in [2.24, 2.45) is 5.73 Å². The Bertz CT molecular complexity index is 821. The first-order valence-corrected chi connectivity index (χ1v) is 9.96. The second-order valence-corrected chi connectivity index (χ2v) is 7.59. The first kappa shape index (κ1) is 18.8. The molecule has 2 aromatic rings. The third-order valence-corrected chi connectivity index (χ3v) is 5.92. The fourth-order valence-electron chi connectivity index (χ4n) is 4.50. The quantitative estimate of drug-likeness (QED) is 0.796. The summed E-state index contributed by atoms with van der Waals surface area (Å²) in [5.41, 5.74) is 14.8. The standard InChI is InChI=1S/C22H28N4O2/c23-17-6-7-20(19(14-17)22(24)27)26-9-8-18(25-10-12-28-13-11-25)15-21(26)16-4-2-1-3-5-16/h1-7,14,18,21H,8-13,15,23H2,(H2,24,27). The Morgan fingerprint density at radius 1 is 1.04 bits per heavy atom. The molecule has 2 heterocycles. The highest BCUT2D eigenvalue weighted by Crippen LogP contribution is 2.38. The zero-order valence-electron chi connectivity index (χ0n) is 16.1. The molecular formula is C22H28N4O2.